The summed E-state index contributed by atoms with van der Waals surface area (Å²) in [6, 6.07) is 5.52. The molecule has 7 heteroatoms. The molecule has 0 saturated carbocycles. The van der Waals surface area contributed by atoms with Crippen LogP contribution in [0.2, 0.25) is 0 Å². The first kappa shape index (κ1) is 12.7. The SMILES string of the molecule is O=C(O)C1CC(=O)N(c2nc(-c3ccccn3)cs2)C1. The summed E-state index contributed by atoms with van der Waals surface area (Å²) in [6.07, 6.45) is 1.71. The van der Waals surface area contributed by atoms with Gasteiger partial charge >= 0.3 is 5.97 Å². The van der Waals surface area contributed by atoms with Gasteiger partial charge < -0.3 is 5.11 Å². The van der Waals surface area contributed by atoms with Gasteiger partial charge in [-0.3, -0.25) is 19.5 Å². The normalized spacial score (nSPS) is 18.5. The number of hydrogen-bond donors (Lipinski definition) is 1. The number of aromatic nitrogens is 2. The number of thiazole rings is 1. The van der Waals surface area contributed by atoms with E-state index in [9.17, 15) is 9.59 Å². The fourth-order valence-corrected chi connectivity index (χ4v) is 2.92. The highest BCUT2D eigenvalue weighted by Gasteiger charge is 2.36. The second-order valence-corrected chi connectivity index (χ2v) is 5.31. The van der Waals surface area contributed by atoms with E-state index >= 15 is 0 Å². The standard InChI is InChI=1S/C13H11N3O3S/c17-11-5-8(12(18)19)6-16(11)13-15-10(7-20-13)9-3-1-2-4-14-9/h1-4,7-8H,5-6H2,(H,18,19). The molecule has 1 fully saturated rings. The molecule has 0 aromatic carbocycles. The summed E-state index contributed by atoms with van der Waals surface area (Å²) in [7, 11) is 0. The largest absolute Gasteiger partial charge is 0.481 e. The van der Waals surface area contributed by atoms with Crippen LogP contribution in [0.5, 0.6) is 0 Å². The van der Waals surface area contributed by atoms with Gasteiger partial charge in [-0.1, -0.05) is 6.07 Å². The van der Waals surface area contributed by atoms with Crippen molar-refractivity contribution in [1.82, 2.24) is 9.97 Å². The molecule has 1 saturated heterocycles. The Labute approximate surface area is 118 Å². The second kappa shape index (κ2) is 5.01. The molecular formula is C13H11N3O3S. The van der Waals surface area contributed by atoms with Crippen LogP contribution in [-0.2, 0) is 9.59 Å². The molecule has 0 radical (unpaired) electrons. The zero-order valence-electron chi connectivity index (χ0n) is 10.4. The molecule has 3 rings (SSSR count). The summed E-state index contributed by atoms with van der Waals surface area (Å²) in [4.78, 5) is 32.8. The molecule has 3 heterocycles. The fourth-order valence-electron chi connectivity index (χ4n) is 2.08. The van der Waals surface area contributed by atoms with Crippen molar-refractivity contribution >= 4 is 28.3 Å². The molecule has 0 aliphatic carbocycles. The van der Waals surface area contributed by atoms with E-state index in [1.165, 1.54) is 16.2 Å². The molecule has 0 spiro atoms. The summed E-state index contributed by atoms with van der Waals surface area (Å²) in [5, 5.41) is 11.3. The van der Waals surface area contributed by atoms with E-state index in [2.05, 4.69) is 9.97 Å². The first-order chi connectivity index (χ1) is 9.65. The highest BCUT2D eigenvalue weighted by atomic mass is 32.1. The van der Waals surface area contributed by atoms with Gasteiger partial charge in [-0.05, 0) is 12.1 Å². The molecule has 20 heavy (non-hydrogen) atoms. The van der Waals surface area contributed by atoms with E-state index in [1.807, 2.05) is 23.6 Å². The third-order valence-corrected chi connectivity index (χ3v) is 3.99. The fraction of sp³-hybridized carbons (Fsp3) is 0.231. The van der Waals surface area contributed by atoms with Gasteiger partial charge in [0.1, 0.15) is 5.69 Å². The minimum Gasteiger partial charge on any atom is -0.481 e. The maximum absolute atomic E-state index is 11.8. The van der Waals surface area contributed by atoms with Gasteiger partial charge in [0.2, 0.25) is 5.91 Å². The van der Waals surface area contributed by atoms with Crippen molar-refractivity contribution in [2.45, 2.75) is 6.42 Å². The second-order valence-electron chi connectivity index (χ2n) is 4.47. The van der Waals surface area contributed by atoms with E-state index in [1.54, 1.807) is 6.20 Å². The number of aliphatic carboxylic acids is 1. The Morgan fingerprint density at radius 2 is 2.25 bits per heavy atom. The van der Waals surface area contributed by atoms with Crippen LogP contribution in [0.1, 0.15) is 6.42 Å². The number of amides is 1. The topological polar surface area (TPSA) is 83.4 Å². The van der Waals surface area contributed by atoms with Gasteiger partial charge in [0.05, 0.1) is 11.6 Å². The molecule has 1 N–H and O–H groups in total. The van der Waals surface area contributed by atoms with Gasteiger partial charge in [0.15, 0.2) is 5.13 Å². The van der Waals surface area contributed by atoms with Crippen LogP contribution in [-0.4, -0.2) is 33.5 Å². The average molecular weight is 289 g/mol. The van der Waals surface area contributed by atoms with Crippen molar-refractivity contribution < 1.29 is 14.7 Å². The number of carbonyl (C=O) groups is 2. The lowest BCUT2D eigenvalue weighted by Crippen LogP contribution is -2.25. The molecular weight excluding hydrogens is 278 g/mol. The lowest BCUT2D eigenvalue weighted by Gasteiger charge is -2.11. The average Bonchev–Trinajstić information content (AvgIpc) is 3.06. The van der Waals surface area contributed by atoms with E-state index in [-0.39, 0.29) is 18.9 Å². The Balaban J connectivity index is 1.84. The highest BCUT2D eigenvalue weighted by Crippen LogP contribution is 2.30. The summed E-state index contributed by atoms with van der Waals surface area (Å²) < 4.78 is 0. The minimum absolute atomic E-state index is 0.0355. The van der Waals surface area contributed by atoms with E-state index in [4.69, 9.17) is 5.11 Å². The quantitative estimate of drug-likeness (QED) is 0.928. The Kier molecular flexibility index (Phi) is 3.19. The van der Waals surface area contributed by atoms with Crippen LogP contribution >= 0.6 is 11.3 Å². The molecule has 1 unspecified atom stereocenters. The van der Waals surface area contributed by atoms with E-state index in [0.29, 0.717) is 10.8 Å². The van der Waals surface area contributed by atoms with Gasteiger partial charge in [0.25, 0.3) is 0 Å². The van der Waals surface area contributed by atoms with Crippen molar-refractivity contribution in [1.29, 1.82) is 0 Å². The molecule has 6 nitrogen and oxygen atoms in total. The van der Waals surface area contributed by atoms with Crippen LogP contribution in [0.3, 0.4) is 0 Å². The maximum Gasteiger partial charge on any atom is 0.308 e. The van der Waals surface area contributed by atoms with Crippen molar-refractivity contribution in [3.63, 3.8) is 0 Å². The first-order valence-electron chi connectivity index (χ1n) is 6.05. The zero-order valence-corrected chi connectivity index (χ0v) is 11.2. The number of pyridine rings is 1. The monoisotopic (exact) mass is 289 g/mol. The Morgan fingerprint density at radius 3 is 2.90 bits per heavy atom. The van der Waals surface area contributed by atoms with Crippen LogP contribution < -0.4 is 4.90 Å². The summed E-state index contributed by atoms with van der Waals surface area (Å²) >= 11 is 1.32. The molecule has 1 amide bonds. The number of anilines is 1. The number of carboxylic acids is 1. The molecule has 2 aromatic rings. The molecule has 1 atom stereocenters. The lowest BCUT2D eigenvalue weighted by atomic mass is 10.1. The van der Waals surface area contributed by atoms with Crippen LogP contribution in [0.15, 0.2) is 29.8 Å². The van der Waals surface area contributed by atoms with Crippen molar-refractivity contribution in [3.05, 3.63) is 29.8 Å². The third-order valence-electron chi connectivity index (χ3n) is 3.12. The number of nitrogens with zero attached hydrogens (tertiary/aromatic N) is 3. The number of hydrogen-bond acceptors (Lipinski definition) is 5. The van der Waals surface area contributed by atoms with Crippen molar-refractivity contribution in [2.75, 3.05) is 11.4 Å². The Bertz CT molecular complexity index is 656. The minimum atomic E-state index is -0.942. The Morgan fingerprint density at radius 1 is 1.40 bits per heavy atom. The van der Waals surface area contributed by atoms with Crippen LogP contribution in [0.4, 0.5) is 5.13 Å². The van der Waals surface area contributed by atoms with Gasteiger partial charge in [-0.2, -0.15) is 0 Å². The van der Waals surface area contributed by atoms with E-state index in [0.717, 1.165) is 5.69 Å². The molecule has 102 valence electrons. The molecule has 1 aliphatic heterocycles. The maximum atomic E-state index is 11.8. The summed E-state index contributed by atoms with van der Waals surface area (Å²) in [5.41, 5.74) is 1.42. The summed E-state index contributed by atoms with van der Waals surface area (Å²) in [5.74, 6) is -1.79. The van der Waals surface area contributed by atoms with E-state index < -0.39 is 11.9 Å². The molecule has 2 aromatic heterocycles. The summed E-state index contributed by atoms with van der Waals surface area (Å²) in [6.45, 7) is 0.184. The molecule has 1 aliphatic rings. The third kappa shape index (κ3) is 2.27. The van der Waals surface area contributed by atoms with Gasteiger partial charge in [-0.15, -0.1) is 11.3 Å². The van der Waals surface area contributed by atoms with Crippen LogP contribution in [0, 0.1) is 5.92 Å². The lowest BCUT2D eigenvalue weighted by molar-refractivity contribution is -0.141. The predicted molar refractivity (Wildman–Crippen MR) is 73.4 cm³/mol. The smallest absolute Gasteiger partial charge is 0.308 e. The van der Waals surface area contributed by atoms with Gasteiger partial charge in [-0.25, -0.2) is 4.98 Å². The number of carboxylic acid groups (broad SMARTS) is 1. The highest BCUT2D eigenvalue weighted by molar-refractivity contribution is 7.14. The van der Waals surface area contributed by atoms with Crippen molar-refractivity contribution in [3.8, 4) is 11.4 Å². The predicted octanol–water partition coefficient (Wildman–Crippen LogP) is 1.64. The van der Waals surface area contributed by atoms with Crippen LogP contribution in [0.25, 0.3) is 11.4 Å². The number of rotatable bonds is 3. The Hall–Kier alpha value is -2.28. The first-order valence-corrected chi connectivity index (χ1v) is 6.93. The molecule has 0 bridgehead atoms. The zero-order chi connectivity index (χ0) is 14.1. The number of carbonyl (C=O) groups excluding carboxylic acids is 1. The van der Waals surface area contributed by atoms with Gasteiger partial charge in [0, 0.05) is 24.5 Å². The van der Waals surface area contributed by atoms with Crippen molar-refractivity contribution in [2.24, 2.45) is 5.92 Å².